The molecule has 0 atom stereocenters. The van der Waals surface area contributed by atoms with Crippen molar-refractivity contribution in [2.24, 2.45) is 4.99 Å². The molecule has 0 bridgehead atoms. The lowest BCUT2D eigenvalue weighted by Crippen LogP contribution is -2.19. The van der Waals surface area contributed by atoms with E-state index in [0.717, 1.165) is 35.8 Å². The number of thioether (sulfide) groups is 1. The van der Waals surface area contributed by atoms with Crippen molar-refractivity contribution in [3.05, 3.63) is 35.2 Å². The van der Waals surface area contributed by atoms with Crippen molar-refractivity contribution < 1.29 is 8.42 Å². The van der Waals surface area contributed by atoms with Gasteiger partial charge in [0, 0.05) is 17.6 Å². The molecule has 0 aliphatic carbocycles. The van der Waals surface area contributed by atoms with Gasteiger partial charge < -0.3 is 4.90 Å². The molecule has 0 fully saturated rings. The molecule has 0 spiro atoms. The molecule has 1 aromatic carbocycles. The van der Waals surface area contributed by atoms with Gasteiger partial charge in [0.25, 0.3) is 0 Å². The summed E-state index contributed by atoms with van der Waals surface area (Å²) in [5.41, 5.74) is 2.78. The Morgan fingerprint density at radius 2 is 2.05 bits per heavy atom. The third-order valence-corrected chi connectivity index (χ3v) is 4.36. The van der Waals surface area contributed by atoms with Crippen LogP contribution in [0.5, 0.6) is 0 Å². The Morgan fingerprint density at radius 1 is 1.32 bits per heavy atom. The topological polar surface area (TPSA) is 61.8 Å². The van der Waals surface area contributed by atoms with Crippen LogP contribution >= 0.6 is 11.8 Å². The smallest absolute Gasteiger partial charge is 0.229 e. The Bertz CT molecular complexity index is 663. The van der Waals surface area contributed by atoms with E-state index in [1.165, 1.54) is 0 Å². The van der Waals surface area contributed by atoms with Crippen LogP contribution in [-0.2, 0) is 10.0 Å². The average Bonchev–Trinajstić information content (AvgIpc) is 2.90. The molecule has 0 radical (unpaired) electrons. The van der Waals surface area contributed by atoms with Crippen LogP contribution in [0.1, 0.15) is 5.56 Å². The van der Waals surface area contributed by atoms with Crippen LogP contribution in [0.15, 0.2) is 34.7 Å². The zero-order valence-corrected chi connectivity index (χ0v) is 12.0. The van der Waals surface area contributed by atoms with Gasteiger partial charge in [0.1, 0.15) is 0 Å². The summed E-state index contributed by atoms with van der Waals surface area (Å²) >= 11 is 1.63. The molecule has 3 rings (SSSR count). The summed E-state index contributed by atoms with van der Waals surface area (Å²) in [6.45, 7) is 1.75. The molecule has 1 aromatic rings. The minimum Gasteiger partial charge on any atom is -0.318 e. The lowest BCUT2D eigenvalue weighted by molar-refractivity contribution is 0.607. The van der Waals surface area contributed by atoms with Gasteiger partial charge in [-0.15, -0.1) is 0 Å². The van der Waals surface area contributed by atoms with Gasteiger partial charge in [-0.3, -0.25) is 9.71 Å². The van der Waals surface area contributed by atoms with Crippen molar-refractivity contribution >= 4 is 38.3 Å². The molecular weight excluding hydrogens is 282 g/mol. The van der Waals surface area contributed by atoms with Gasteiger partial charge in [0.2, 0.25) is 10.0 Å². The molecule has 0 saturated carbocycles. The van der Waals surface area contributed by atoms with E-state index in [1.54, 1.807) is 23.9 Å². The van der Waals surface area contributed by atoms with Crippen molar-refractivity contribution in [3.8, 4) is 0 Å². The van der Waals surface area contributed by atoms with Crippen LogP contribution < -0.4 is 4.72 Å². The number of sulfonamides is 1. The Morgan fingerprint density at radius 3 is 2.74 bits per heavy atom. The van der Waals surface area contributed by atoms with Crippen LogP contribution in [0.2, 0.25) is 0 Å². The number of fused-ring (bicyclic) bond motifs is 1. The fourth-order valence-electron chi connectivity index (χ4n) is 2.07. The number of nitrogens with one attached hydrogen (secondary N) is 1. The molecule has 19 heavy (non-hydrogen) atoms. The van der Waals surface area contributed by atoms with Crippen LogP contribution in [0.25, 0.3) is 5.70 Å². The van der Waals surface area contributed by atoms with E-state index >= 15 is 0 Å². The molecule has 2 aliphatic heterocycles. The zero-order chi connectivity index (χ0) is 13.5. The first kappa shape index (κ1) is 12.6. The van der Waals surface area contributed by atoms with E-state index in [0.29, 0.717) is 5.69 Å². The Balaban J connectivity index is 1.82. The lowest BCUT2D eigenvalue weighted by Gasteiger charge is -2.16. The minimum atomic E-state index is -3.22. The second-order valence-electron chi connectivity index (χ2n) is 4.39. The number of aliphatic imine (C=N–C) groups is 1. The van der Waals surface area contributed by atoms with Gasteiger partial charge in [-0.05, 0) is 17.7 Å². The van der Waals surface area contributed by atoms with Crippen LogP contribution in [0, 0.1) is 0 Å². The molecule has 7 heteroatoms. The maximum atomic E-state index is 11.1. The summed E-state index contributed by atoms with van der Waals surface area (Å²) in [5.74, 6) is 0. The predicted octanol–water partition coefficient (Wildman–Crippen LogP) is 1.77. The number of benzene rings is 1. The van der Waals surface area contributed by atoms with E-state index in [-0.39, 0.29) is 0 Å². The molecule has 1 N–H and O–H groups in total. The standard InChI is InChI=1S/C12H13N3O2S2/c1-19(16,17)14-10-4-2-9(3-5-10)11-8-18-12-13-6-7-15(11)12/h2-5,8,14H,6-7H2,1H3. The third kappa shape index (κ3) is 2.62. The van der Waals surface area contributed by atoms with E-state index in [4.69, 9.17) is 0 Å². The number of rotatable bonds is 3. The first-order valence-electron chi connectivity index (χ1n) is 5.80. The normalized spacial score (nSPS) is 18.1. The first-order chi connectivity index (χ1) is 9.03. The van der Waals surface area contributed by atoms with Gasteiger partial charge in [-0.1, -0.05) is 23.9 Å². The molecule has 2 aliphatic rings. The van der Waals surface area contributed by atoms with Gasteiger partial charge in [0.05, 0.1) is 18.5 Å². The largest absolute Gasteiger partial charge is 0.318 e. The van der Waals surface area contributed by atoms with Crippen LogP contribution in [-0.4, -0.2) is 37.8 Å². The summed E-state index contributed by atoms with van der Waals surface area (Å²) in [6, 6.07) is 7.38. The Hall–Kier alpha value is -1.47. The van der Waals surface area contributed by atoms with E-state index in [9.17, 15) is 8.42 Å². The van der Waals surface area contributed by atoms with E-state index < -0.39 is 10.0 Å². The van der Waals surface area contributed by atoms with Crippen molar-refractivity contribution in [2.45, 2.75) is 0 Å². The number of nitrogens with zero attached hydrogens (tertiary/aromatic N) is 2. The quantitative estimate of drug-likeness (QED) is 0.923. The van der Waals surface area contributed by atoms with E-state index in [1.807, 2.05) is 12.1 Å². The average molecular weight is 295 g/mol. The third-order valence-electron chi connectivity index (χ3n) is 2.85. The molecule has 2 heterocycles. The molecule has 0 aromatic heterocycles. The zero-order valence-electron chi connectivity index (χ0n) is 10.3. The summed E-state index contributed by atoms with van der Waals surface area (Å²) in [5, 5.41) is 3.13. The van der Waals surface area contributed by atoms with Gasteiger partial charge >= 0.3 is 0 Å². The molecule has 0 amide bonds. The van der Waals surface area contributed by atoms with Crippen molar-refractivity contribution in [3.63, 3.8) is 0 Å². The number of amidine groups is 1. The highest BCUT2D eigenvalue weighted by Gasteiger charge is 2.26. The maximum Gasteiger partial charge on any atom is 0.229 e. The highest BCUT2D eigenvalue weighted by Crippen LogP contribution is 2.35. The fourth-order valence-corrected chi connectivity index (χ4v) is 3.60. The first-order valence-corrected chi connectivity index (χ1v) is 8.57. The summed E-state index contributed by atoms with van der Waals surface area (Å²) in [6.07, 6.45) is 1.14. The van der Waals surface area contributed by atoms with Gasteiger partial charge in [0.15, 0.2) is 5.17 Å². The highest BCUT2D eigenvalue weighted by molar-refractivity contribution is 8.16. The van der Waals surface area contributed by atoms with E-state index in [2.05, 4.69) is 20.0 Å². The second-order valence-corrected chi connectivity index (χ2v) is 6.97. The lowest BCUT2D eigenvalue weighted by atomic mass is 10.1. The van der Waals surface area contributed by atoms with Crippen LogP contribution in [0.3, 0.4) is 0 Å². The molecule has 0 unspecified atom stereocenters. The SMILES string of the molecule is CS(=O)(=O)Nc1ccc(C2=CSC3=NCCN23)cc1. The second kappa shape index (κ2) is 4.57. The van der Waals surface area contributed by atoms with Gasteiger partial charge in [-0.25, -0.2) is 8.42 Å². The van der Waals surface area contributed by atoms with Gasteiger partial charge in [-0.2, -0.15) is 0 Å². The Kier molecular flexibility index (Phi) is 3.02. The molecule has 5 nitrogen and oxygen atoms in total. The summed E-state index contributed by atoms with van der Waals surface area (Å²) < 4.78 is 24.7. The fraction of sp³-hybridized carbons (Fsp3) is 0.250. The summed E-state index contributed by atoms with van der Waals surface area (Å²) in [4.78, 5) is 6.59. The van der Waals surface area contributed by atoms with Crippen LogP contribution in [0.4, 0.5) is 5.69 Å². The predicted molar refractivity (Wildman–Crippen MR) is 79.5 cm³/mol. The highest BCUT2D eigenvalue weighted by atomic mass is 32.2. The molecular formula is C12H13N3O2S2. The maximum absolute atomic E-state index is 11.1. The minimum absolute atomic E-state index is 0.577. The molecule has 100 valence electrons. The monoisotopic (exact) mass is 295 g/mol. The number of anilines is 1. The van der Waals surface area contributed by atoms with Crippen molar-refractivity contribution in [1.82, 2.24) is 4.90 Å². The van der Waals surface area contributed by atoms with Crippen molar-refractivity contribution in [1.29, 1.82) is 0 Å². The number of hydrogen-bond acceptors (Lipinski definition) is 5. The van der Waals surface area contributed by atoms with Crippen molar-refractivity contribution in [2.75, 3.05) is 24.1 Å². The molecule has 0 saturated heterocycles. The number of hydrogen-bond donors (Lipinski definition) is 1. The Labute approximate surface area is 116 Å². The summed E-state index contributed by atoms with van der Waals surface area (Å²) in [7, 11) is -3.22.